The molecule has 8 rings (SSSR count). The zero-order valence-corrected chi connectivity index (χ0v) is 36.1. The molecule has 8 atom stereocenters. The molecule has 17 heteroatoms. The maximum absolute atomic E-state index is 14.7. The quantitative estimate of drug-likeness (QED) is 0.141. The molecule has 4 heterocycles. The van der Waals surface area contributed by atoms with Crippen molar-refractivity contribution in [2.45, 2.75) is 134 Å². The van der Waals surface area contributed by atoms with Crippen LogP contribution in [0.3, 0.4) is 0 Å². The molecule has 4 saturated heterocycles. The van der Waals surface area contributed by atoms with Crippen molar-refractivity contribution in [1.29, 1.82) is 0 Å². The summed E-state index contributed by atoms with van der Waals surface area (Å²) >= 11 is 0. The van der Waals surface area contributed by atoms with Gasteiger partial charge in [-0.3, -0.25) is 24.0 Å². The van der Waals surface area contributed by atoms with E-state index < -0.39 is 107 Å². The molecular formula is C46H55N3O14. The first kappa shape index (κ1) is 44.4. The van der Waals surface area contributed by atoms with Gasteiger partial charge >= 0.3 is 23.9 Å². The largest absolute Gasteiger partial charge is 0.462 e. The first-order chi connectivity index (χ1) is 29.9. The molecule has 1 saturated carbocycles. The van der Waals surface area contributed by atoms with E-state index in [0.717, 1.165) is 16.7 Å². The van der Waals surface area contributed by atoms with Gasteiger partial charge in [0.1, 0.15) is 42.0 Å². The predicted molar refractivity (Wildman–Crippen MR) is 219 cm³/mol. The molecule has 1 spiro atoms. The molecule has 2 aromatic carbocycles. The second-order valence-corrected chi connectivity index (χ2v) is 19.0. The Morgan fingerprint density at radius 2 is 1.67 bits per heavy atom. The van der Waals surface area contributed by atoms with Gasteiger partial charge in [0.2, 0.25) is 17.9 Å². The molecule has 0 unspecified atom stereocenters. The molecule has 2 bridgehead atoms. The number of hydrogen-bond acceptors (Lipinski definition) is 15. The first-order valence-corrected chi connectivity index (χ1v) is 21.5. The molecule has 338 valence electrons. The van der Waals surface area contributed by atoms with Crippen LogP contribution in [-0.4, -0.2) is 120 Å². The van der Waals surface area contributed by atoms with E-state index in [1.807, 2.05) is 24.3 Å². The highest BCUT2D eigenvalue weighted by atomic mass is 16.8. The van der Waals surface area contributed by atoms with E-state index in [0.29, 0.717) is 18.4 Å². The molecule has 63 heavy (non-hydrogen) atoms. The molecular weight excluding hydrogens is 819 g/mol. The standard InChI is InChI=1S/C46H55N3O14/c1-43(2,3)60-34(53)17-15-30(24-50)48-32(51)18-19-47-42(56)46-22-31-35-36(62-45(61-35)20-28-8-6-7-9-29(28)21-45)38(46)63-49(37(46)40(54)58-31)23-27-12-10-26(11-13-27)14-16-33(52)59-39-41(55)57-25-44(39,4)5/h6-14,16,30-31,35-39,50H,15,17-25H2,1-5H3,(H,47,56)(H,48,51)/t30-,31+,35-,36-,37-,38+,39-,46-/m0/s1. The summed E-state index contributed by atoms with van der Waals surface area (Å²) in [6, 6.07) is 13.2. The highest BCUT2D eigenvalue weighted by Crippen LogP contribution is 2.58. The SMILES string of the molecule is CC(C)(C)OC(=O)CC[C@@H](CO)NC(=O)CCNC(=O)[C@@]12C[C@H]3OC(=O)[C@@H]1N(Cc1ccc(C=CC(=O)O[C@H]4C(=O)OCC4(C)C)cc1)O[C@@H]2[C@H]1OC2(Cc4ccccc4C2)O[C@H]13. The Morgan fingerprint density at radius 3 is 2.32 bits per heavy atom. The number of cyclic esters (lactones) is 1. The van der Waals surface area contributed by atoms with E-state index >= 15 is 0 Å². The van der Waals surface area contributed by atoms with Crippen molar-refractivity contribution >= 4 is 41.8 Å². The number of aliphatic hydroxyl groups excluding tert-OH is 1. The fourth-order valence-corrected chi connectivity index (χ4v) is 9.58. The minimum atomic E-state index is -1.48. The van der Waals surface area contributed by atoms with E-state index in [9.17, 15) is 33.9 Å². The molecule has 5 fully saturated rings. The van der Waals surface area contributed by atoms with E-state index in [1.165, 1.54) is 11.1 Å². The number of hydroxylamine groups is 2. The summed E-state index contributed by atoms with van der Waals surface area (Å²) in [4.78, 5) is 85.4. The predicted octanol–water partition coefficient (Wildman–Crippen LogP) is 2.38. The van der Waals surface area contributed by atoms with Crippen molar-refractivity contribution in [2.24, 2.45) is 10.8 Å². The third-order valence-corrected chi connectivity index (χ3v) is 12.5. The van der Waals surface area contributed by atoms with Crippen LogP contribution in [0.15, 0.2) is 54.6 Å². The number of rotatable bonds is 14. The molecule has 17 nitrogen and oxygen atoms in total. The summed E-state index contributed by atoms with van der Waals surface area (Å²) in [7, 11) is 0. The Labute approximate surface area is 365 Å². The average molecular weight is 874 g/mol. The van der Waals surface area contributed by atoms with Gasteiger partial charge in [0.15, 0.2) is 11.8 Å². The zero-order chi connectivity index (χ0) is 44.9. The molecule has 2 aliphatic carbocycles. The number of ether oxygens (including phenoxy) is 6. The van der Waals surface area contributed by atoms with Crippen LogP contribution in [0.2, 0.25) is 0 Å². The van der Waals surface area contributed by atoms with Crippen molar-refractivity contribution in [3.63, 3.8) is 0 Å². The van der Waals surface area contributed by atoms with E-state index in [-0.39, 0.29) is 45.4 Å². The van der Waals surface area contributed by atoms with Crippen LogP contribution < -0.4 is 10.6 Å². The number of carbonyl (C=O) groups is 6. The summed E-state index contributed by atoms with van der Waals surface area (Å²) in [5.74, 6) is -4.36. The maximum atomic E-state index is 14.7. The summed E-state index contributed by atoms with van der Waals surface area (Å²) < 4.78 is 35.4. The minimum absolute atomic E-state index is 0.00282. The number of carbonyl (C=O) groups excluding carboxylic acids is 6. The minimum Gasteiger partial charge on any atom is -0.462 e. The summed E-state index contributed by atoms with van der Waals surface area (Å²) in [5, 5.41) is 17.0. The van der Waals surface area contributed by atoms with Gasteiger partial charge in [0.05, 0.1) is 19.2 Å². The average Bonchev–Trinajstić information content (AvgIpc) is 3.96. The van der Waals surface area contributed by atoms with Gasteiger partial charge in [-0.15, -0.1) is 0 Å². The van der Waals surface area contributed by atoms with Crippen LogP contribution in [0, 0.1) is 10.8 Å². The topological polar surface area (TPSA) is 215 Å². The lowest BCUT2D eigenvalue weighted by Crippen LogP contribution is -2.69. The number of amides is 2. The van der Waals surface area contributed by atoms with Crippen LogP contribution in [0.1, 0.15) is 82.6 Å². The number of fused-ring (bicyclic) bond motifs is 5. The van der Waals surface area contributed by atoms with Crippen molar-refractivity contribution in [3.05, 3.63) is 76.9 Å². The van der Waals surface area contributed by atoms with E-state index in [1.54, 1.807) is 65.0 Å². The van der Waals surface area contributed by atoms with Crippen molar-refractivity contribution in [3.8, 4) is 0 Å². The zero-order valence-electron chi connectivity index (χ0n) is 36.1. The Hall–Kier alpha value is -5.20. The third kappa shape index (κ3) is 8.98. The molecule has 0 aromatic heterocycles. The number of esters is 4. The van der Waals surface area contributed by atoms with Gasteiger partial charge in [-0.2, -0.15) is 5.06 Å². The highest BCUT2D eigenvalue weighted by Gasteiger charge is 2.76. The molecule has 0 radical (unpaired) electrons. The van der Waals surface area contributed by atoms with Gasteiger partial charge in [-0.05, 0) is 55.5 Å². The van der Waals surface area contributed by atoms with Crippen molar-refractivity contribution in [1.82, 2.24) is 15.7 Å². The van der Waals surface area contributed by atoms with E-state index in [4.69, 9.17) is 33.3 Å². The number of nitrogens with zero attached hydrogens (tertiary/aromatic N) is 1. The summed E-state index contributed by atoms with van der Waals surface area (Å²) in [6.45, 7) is 8.57. The Bertz CT molecular complexity index is 2140. The van der Waals surface area contributed by atoms with Crippen LogP contribution in [0.25, 0.3) is 6.08 Å². The van der Waals surface area contributed by atoms with Crippen molar-refractivity contribution < 1.29 is 67.1 Å². The number of nitrogens with one attached hydrogen (secondary N) is 2. The highest BCUT2D eigenvalue weighted by molar-refractivity contribution is 5.94. The van der Waals surface area contributed by atoms with Crippen LogP contribution in [0.5, 0.6) is 0 Å². The maximum Gasteiger partial charge on any atom is 0.348 e. The third-order valence-electron chi connectivity index (χ3n) is 12.5. The number of hydrogen-bond donors (Lipinski definition) is 3. The Morgan fingerprint density at radius 1 is 0.968 bits per heavy atom. The van der Waals surface area contributed by atoms with Crippen molar-refractivity contribution in [2.75, 3.05) is 19.8 Å². The summed E-state index contributed by atoms with van der Waals surface area (Å²) in [6.07, 6.45) is -0.428. The van der Waals surface area contributed by atoms with Gasteiger partial charge in [0.25, 0.3) is 0 Å². The van der Waals surface area contributed by atoms with Crippen LogP contribution >= 0.6 is 0 Å². The fraction of sp³-hybridized carbons (Fsp3) is 0.565. The molecule has 3 N–H and O–H groups in total. The number of aliphatic hydroxyl groups is 1. The van der Waals surface area contributed by atoms with Gasteiger partial charge in [-0.25, -0.2) is 9.59 Å². The molecule has 2 aromatic rings. The summed E-state index contributed by atoms with van der Waals surface area (Å²) in [5.41, 5.74) is 0.759. The van der Waals surface area contributed by atoms with Gasteiger partial charge in [0, 0.05) is 50.1 Å². The second kappa shape index (κ2) is 17.1. The Kier molecular flexibility index (Phi) is 12.0. The monoisotopic (exact) mass is 873 g/mol. The second-order valence-electron chi connectivity index (χ2n) is 19.0. The van der Waals surface area contributed by atoms with Gasteiger partial charge in [-0.1, -0.05) is 62.4 Å². The lowest BCUT2D eigenvalue weighted by atomic mass is 9.62. The number of benzene rings is 2. The molecule has 4 aliphatic heterocycles. The van der Waals surface area contributed by atoms with Gasteiger partial charge < -0.3 is 44.2 Å². The molecule has 6 aliphatic rings. The van der Waals surface area contributed by atoms with Crippen LogP contribution in [-0.2, 0) is 81.4 Å². The lowest BCUT2D eigenvalue weighted by molar-refractivity contribution is -0.217. The molecule has 2 amide bonds. The lowest BCUT2D eigenvalue weighted by Gasteiger charge is -2.48. The van der Waals surface area contributed by atoms with E-state index in [2.05, 4.69) is 10.6 Å². The smallest absolute Gasteiger partial charge is 0.348 e. The fourth-order valence-electron chi connectivity index (χ4n) is 9.58. The van der Waals surface area contributed by atoms with Crippen LogP contribution in [0.4, 0.5) is 0 Å². The Balaban J connectivity index is 0.967. The normalized spacial score (nSPS) is 29.1. The first-order valence-electron chi connectivity index (χ1n) is 21.5.